The van der Waals surface area contributed by atoms with Crippen LogP contribution in [0.1, 0.15) is 48.6 Å². The lowest BCUT2D eigenvalue weighted by Crippen LogP contribution is -2.56. The molecule has 3 aromatic carbocycles. The summed E-state index contributed by atoms with van der Waals surface area (Å²) in [5.74, 6) is -1.07. The van der Waals surface area contributed by atoms with E-state index in [0.29, 0.717) is 6.42 Å². The van der Waals surface area contributed by atoms with E-state index < -0.39 is 30.0 Å². The van der Waals surface area contributed by atoms with Crippen molar-refractivity contribution in [2.24, 2.45) is 5.73 Å². The van der Waals surface area contributed by atoms with Gasteiger partial charge in [-0.05, 0) is 33.2 Å². The van der Waals surface area contributed by atoms with Crippen LogP contribution in [0, 0.1) is 0 Å². The molecule has 1 aliphatic rings. The van der Waals surface area contributed by atoms with Crippen molar-refractivity contribution in [1.29, 1.82) is 0 Å². The molecule has 3 N–H and O–H groups in total. The Morgan fingerprint density at radius 3 is 2.18 bits per heavy atom. The van der Waals surface area contributed by atoms with Crippen LogP contribution in [0.4, 0.5) is 4.79 Å². The molecular formula is C31H35N3O4. The van der Waals surface area contributed by atoms with Gasteiger partial charge in [0.05, 0.1) is 6.54 Å². The molecule has 1 aliphatic heterocycles. The van der Waals surface area contributed by atoms with Crippen molar-refractivity contribution in [2.45, 2.75) is 64.3 Å². The summed E-state index contributed by atoms with van der Waals surface area (Å²) in [5.41, 5.74) is 10.5. The van der Waals surface area contributed by atoms with Gasteiger partial charge >= 0.3 is 6.09 Å². The topological polar surface area (TPSA) is 102 Å². The second-order valence-electron chi connectivity index (χ2n) is 10.8. The van der Waals surface area contributed by atoms with Crippen LogP contribution in [-0.2, 0) is 45.7 Å². The van der Waals surface area contributed by atoms with Crippen LogP contribution in [0.2, 0.25) is 0 Å². The smallest absolute Gasteiger partial charge is 0.411 e. The predicted molar refractivity (Wildman–Crippen MR) is 146 cm³/mol. The second-order valence-corrected chi connectivity index (χ2v) is 10.8. The summed E-state index contributed by atoms with van der Waals surface area (Å²) < 4.78 is 5.57. The standard InChI is InChI=1S/C31H35N3O4/c1-31(2,3)25-15-13-21(14-16-25)17-26(28(32)35)33-29(36)27-18-23-11-7-8-12-24(23)19-34(27)30(37)38-20-22-9-5-4-6-10-22/h4-16,26-27H,17-20H2,1-3H3,(H2,32,35)(H,33,36)/t26-,27+/m1/s1. The molecule has 38 heavy (non-hydrogen) atoms. The van der Waals surface area contributed by atoms with Crippen molar-refractivity contribution < 1.29 is 19.1 Å². The van der Waals surface area contributed by atoms with Crippen molar-refractivity contribution in [2.75, 3.05) is 0 Å². The molecule has 7 heteroatoms. The van der Waals surface area contributed by atoms with Crippen molar-refractivity contribution in [3.63, 3.8) is 0 Å². The largest absolute Gasteiger partial charge is 0.445 e. The first-order valence-corrected chi connectivity index (χ1v) is 12.8. The number of hydrogen-bond donors (Lipinski definition) is 2. The van der Waals surface area contributed by atoms with Gasteiger partial charge in [0.25, 0.3) is 0 Å². The van der Waals surface area contributed by atoms with E-state index in [9.17, 15) is 14.4 Å². The molecule has 3 amide bonds. The Morgan fingerprint density at radius 2 is 1.55 bits per heavy atom. The van der Waals surface area contributed by atoms with Crippen LogP contribution in [0.15, 0.2) is 78.9 Å². The van der Waals surface area contributed by atoms with Crippen molar-refractivity contribution in [3.8, 4) is 0 Å². The quantitative estimate of drug-likeness (QED) is 0.493. The molecule has 0 unspecified atom stereocenters. The molecule has 0 saturated heterocycles. The summed E-state index contributed by atoms with van der Waals surface area (Å²) in [4.78, 5) is 40.4. The Bertz CT molecular complexity index is 1280. The number of amides is 3. The van der Waals surface area contributed by atoms with Crippen LogP contribution in [0.25, 0.3) is 0 Å². The van der Waals surface area contributed by atoms with Gasteiger partial charge in [0.2, 0.25) is 11.8 Å². The summed E-state index contributed by atoms with van der Waals surface area (Å²) in [7, 11) is 0. The van der Waals surface area contributed by atoms with Crippen molar-refractivity contribution >= 4 is 17.9 Å². The lowest BCUT2D eigenvalue weighted by Gasteiger charge is -2.35. The lowest BCUT2D eigenvalue weighted by atomic mass is 9.86. The van der Waals surface area contributed by atoms with Crippen molar-refractivity contribution in [1.82, 2.24) is 10.2 Å². The number of nitrogens with two attached hydrogens (primary N) is 1. The zero-order chi connectivity index (χ0) is 27.3. The Balaban J connectivity index is 1.50. The number of nitrogens with zero attached hydrogens (tertiary/aromatic N) is 1. The number of carbonyl (C=O) groups is 3. The minimum Gasteiger partial charge on any atom is -0.445 e. The van der Waals surface area contributed by atoms with Gasteiger partial charge in [-0.3, -0.25) is 14.5 Å². The van der Waals surface area contributed by atoms with Crippen LogP contribution in [0.3, 0.4) is 0 Å². The first-order valence-electron chi connectivity index (χ1n) is 12.8. The van der Waals surface area contributed by atoms with Gasteiger partial charge in [0.1, 0.15) is 18.7 Å². The van der Waals surface area contributed by atoms with Gasteiger partial charge in [-0.1, -0.05) is 99.6 Å². The molecule has 0 aromatic heterocycles. The normalized spacial score (nSPS) is 15.8. The highest BCUT2D eigenvalue weighted by Gasteiger charge is 2.37. The fourth-order valence-corrected chi connectivity index (χ4v) is 4.62. The minimum atomic E-state index is -0.914. The first kappa shape index (κ1) is 26.9. The summed E-state index contributed by atoms with van der Waals surface area (Å²) in [6.07, 6.45) is -0.0153. The maximum atomic E-state index is 13.5. The molecule has 0 aliphatic carbocycles. The summed E-state index contributed by atoms with van der Waals surface area (Å²) >= 11 is 0. The van der Waals surface area contributed by atoms with Gasteiger partial charge in [-0.15, -0.1) is 0 Å². The highest BCUT2D eigenvalue weighted by molar-refractivity contribution is 5.91. The highest BCUT2D eigenvalue weighted by atomic mass is 16.6. The number of carbonyl (C=O) groups excluding carboxylic acids is 3. The van der Waals surface area contributed by atoms with Gasteiger partial charge in [0.15, 0.2) is 0 Å². The first-order chi connectivity index (χ1) is 18.1. The molecular weight excluding hydrogens is 478 g/mol. The van der Waals surface area contributed by atoms with E-state index in [4.69, 9.17) is 10.5 Å². The predicted octanol–water partition coefficient (Wildman–Crippen LogP) is 4.26. The Morgan fingerprint density at radius 1 is 0.921 bits per heavy atom. The average molecular weight is 514 g/mol. The molecule has 198 valence electrons. The molecule has 0 bridgehead atoms. The monoisotopic (exact) mass is 513 g/mol. The maximum Gasteiger partial charge on any atom is 0.411 e. The number of rotatable bonds is 7. The van der Waals surface area contributed by atoms with Gasteiger partial charge in [-0.25, -0.2) is 4.79 Å². The third kappa shape index (κ3) is 6.59. The Labute approximate surface area is 224 Å². The zero-order valence-corrected chi connectivity index (χ0v) is 22.1. The third-order valence-electron chi connectivity index (χ3n) is 6.91. The highest BCUT2D eigenvalue weighted by Crippen LogP contribution is 2.25. The Hall–Kier alpha value is -4.13. The van der Waals surface area contributed by atoms with Crippen LogP contribution in [-0.4, -0.2) is 34.9 Å². The molecule has 3 aromatic rings. The summed E-state index contributed by atoms with van der Waals surface area (Å²) in [6, 6.07) is 23.3. The molecule has 0 radical (unpaired) electrons. The number of fused-ring (bicyclic) bond motifs is 1. The van der Waals surface area contributed by atoms with E-state index >= 15 is 0 Å². The van der Waals surface area contributed by atoms with Crippen LogP contribution >= 0.6 is 0 Å². The molecule has 4 rings (SSSR count). The number of primary amides is 1. The Kier molecular flexibility index (Phi) is 8.15. The van der Waals surface area contributed by atoms with E-state index in [1.165, 1.54) is 10.5 Å². The number of ether oxygens (including phenoxy) is 1. The minimum absolute atomic E-state index is 0.00564. The van der Waals surface area contributed by atoms with E-state index in [1.807, 2.05) is 78.9 Å². The summed E-state index contributed by atoms with van der Waals surface area (Å²) in [6.45, 7) is 6.73. The van der Waals surface area contributed by atoms with Gasteiger partial charge in [-0.2, -0.15) is 0 Å². The van der Waals surface area contributed by atoms with E-state index in [-0.39, 0.29) is 25.0 Å². The summed E-state index contributed by atoms with van der Waals surface area (Å²) in [5, 5.41) is 2.81. The molecule has 0 spiro atoms. The number of benzene rings is 3. The second kappa shape index (κ2) is 11.5. The van der Waals surface area contributed by atoms with Gasteiger partial charge < -0.3 is 15.8 Å². The molecule has 0 fully saturated rings. The van der Waals surface area contributed by atoms with Crippen LogP contribution < -0.4 is 11.1 Å². The fraction of sp³-hybridized carbons (Fsp3) is 0.323. The third-order valence-corrected chi connectivity index (χ3v) is 6.91. The number of hydrogen-bond acceptors (Lipinski definition) is 4. The molecule has 1 heterocycles. The zero-order valence-electron chi connectivity index (χ0n) is 22.1. The van der Waals surface area contributed by atoms with E-state index in [1.54, 1.807) is 0 Å². The van der Waals surface area contributed by atoms with Crippen LogP contribution in [0.5, 0.6) is 0 Å². The molecule has 7 nitrogen and oxygen atoms in total. The molecule has 2 atom stereocenters. The lowest BCUT2D eigenvalue weighted by molar-refractivity contribution is -0.131. The van der Waals surface area contributed by atoms with E-state index in [0.717, 1.165) is 22.3 Å². The van der Waals surface area contributed by atoms with Crippen molar-refractivity contribution in [3.05, 3.63) is 107 Å². The van der Waals surface area contributed by atoms with Gasteiger partial charge in [0, 0.05) is 12.8 Å². The molecule has 0 saturated carbocycles. The SMILES string of the molecule is CC(C)(C)c1ccc(C[C@@H](NC(=O)[C@@H]2Cc3ccccc3CN2C(=O)OCc2ccccc2)C(N)=O)cc1. The fourth-order valence-electron chi connectivity index (χ4n) is 4.62. The number of nitrogens with one attached hydrogen (secondary N) is 1. The average Bonchev–Trinajstić information content (AvgIpc) is 2.90. The van der Waals surface area contributed by atoms with E-state index in [2.05, 4.69) is 26.1 Å². The maximum absolute atomic E-state index is 13.5.